The van der Waals surface area contributed by atoms with Crippen molar-refractivity contribution in [3.63, 3.8) is 0 Å². The van der Waals surface area contributed by atoms with Gasteiger partial charge >= 0.3 is 0 Å². The fourth-order valence-electron chi connectivity index (χ4n) is 1.26. The lowest BCUT2D eigenvalue weighted by molar-refractivity contribution is -0.129. The quantitative estimate of drug-likeness (QED) is 0.523. The number of likely N-dealkylation sites (N-methyl/N-ethyl adjacent to an activating group) is 1. The summed E-state index contributed by atoms with van der Waals surface area (Å²) >= 11 is 4.31. The number of rotatable bonds is 7. The maximum absolute atomic E-state index is 11.5. The lowest BCUT2D eigenvalue weighted by atomic mass is 10.1. The van der Waals surface area contributed by atoms with Crippen LogP contribution in [0.2, 0.25) is 0 Å². The van der Waals surface area contributed by atoms with E-state index in [4.69, 9.17) is 0 Å². The number of amides is 3. The van der Waals surface area contributed by atoms with Crippen molar-refractivity contribution in [2.45, 2.75) is 78.5 Å². The van der Waals surface area contributed by atoms with Gasteiger partial charge in [0.2, 0.25) is 17.7 Å². The van der Waals surface area contributed by atoms with Crippen LogP contribution in [0.3, 0.4) is 0 Å². The molecule has 0 heterocycles. The van der Waals surface area contributed by atoms with E-state index in [9.17, 15) is 14.4 Å². The Kier molecular flexibility index (Phi) is 19.1. The Balaban J connectivity index is -0.000000786. The van der Waals surface area contributed by atoms with E-state index in [-0.39, 0.29) is 23.1 Å². The zero-order valence-electron chi connectivity index (χ0n) is 16.6. The number of thiol groups is 1. The summed E-state index contributed by atoms with van der Waals surface area (Å²) in [5.41, 5.74) is 0. The van der Waals surface area contributed by atoms with Crippen LogP contribution >= 0.6 is 12.6 Å². The first-order valence-corrected chi connectivity index (χ1v) is 9.02. The summed E-state index contributed by atoms with van der Waals surface area (Å²) in [6.07, 6.45) is 2.19. The van der Waals surface area contributed by atoms with Gasteiger partial charge in [-0.1, -0.05) is 48.0 Å². The molecule has 0 aliphatic heterocycles. The number of carbonyl (C=O) groups is 3. The molecule has 0 radical (unpaired) electrons. The van der Waals surface area contributed by atoms with Gasteiger partial charge in [0.25, 0.3) is 0 Å². The molecule has 0 spiro atoms. The first-order valence-electron chi connectivity index (χ1n) is 8.57. The lowest BCUT2D eigenvalue weighted by Crippen LogP contribution is -2.47. The molecule has 0 aromatic carbocycles. The van der Waals surface area contributed by atoms with Crippen molar-refractivity contribution < 1.29 is 14.4 Å². The zero-order valence-corrected chi connectivity index (χ0v) is 17.5. The summed E-state index contributed by atoms with van der Waals surface area (Å²) in [6, 6.07) is -0.620. The smallest absolute Gasteiger partial charge is 0.242 e. The molecule has 0 saturated heterocycles. The highest BCUT2D eigenvalue weighted by molar-refractivity contribution is 7.81. The van der Waals surface area contributed by atoms with E-state index in [0.29, 0.717) is 12.8 Å². The number of hydrogen-bond donors (Lipinski definition) is 4. The monoisotopic (exact) mass is 363 g/mol. The highest BCUT2D eigenvalue weighted by Crippen LogP contribution is 2.18. The van der Waals surface area contributed by atoms with Crippen LogP contribution < -0.4 is 16.0 Å². The molecule has 3 N–H and O–H groups in total. The zero-order chi connectivity index (χ0) is 19.8. The van der Waals surface area contributed by atoms with Gasteiger partial charge in [0.15, 0.2) is 0 Å². The highest BCUT2D eigenvalue weighted by atomic mass is 32.1. The highest BCUT2D eigenvalue weighted by Gasteiger charge is 2.16. The van der Waals surface area contributed by atoms with Crippen LogP contribution in [0.1, 0.15) is 67.7 Å². The first kappa shape index (κ1) is 27.6. The summed E-state index contributed by atoms with van der Waals surface area (Å²) in [6.45, 7) is 13.5. The van der Waals surface area contributed by atoms with Gasteiger partial charge in [0.1, 0.15) is 6.04 Å². The van der Waals surface area contributed by atoms with Crippen LogP contribution in [0, 0.1) is 0 Å². The topological polar surface area (TPSA) is 87.3 Å². The largest absolute Gasteiger partial charge is 0.357 e. The number of hydrogen-bond acceptors (Lipinski definition) is 4. The molecular formula is C17H37N3O3S. The molecule has 0 aliphatic rings. The molecule has 0 aromatic heterocycles. The van der Waals surface area contributed by atoms with E-state index in [1.54, 1.807) is 6.92 Å². The molecule has 6 nitrogen and oxygen atoms in total. The fraction of sp³-hybridized carbons (Fsp3) is 0.824. The van der Waals surface area contributed by atoms with E-state index in [2.05, 4.69) is 42.4 Å². The molecule has 7 heteroatoms. The Morgan fingerprint density at radius 2 is 1.54 bits per heavy atom. The summed E-state index contributed by atoms with van der Waals surface area (Å²) in [5, 5.41) is 7.40. The van der Waals surface area contributed by atoms with Gasteiger partial charge in [0, 0.05) is 18.2 Å². The molecular weight excluding hydrogens is 326 g/mol. The second-order valence-corrected chi connectivity index (χ2v) is 6.91. The predicted molar refractivity (Wildman–Crippen MR) is 104 cm³/mol. The summed E-state index contributed by atoms with van der Waals surface area (Å²) in [5.74, 6) is -0.879. The third-order valence-corrected chi connectivity index (χ3v) is 2.65. The normalized spacial score (nSPS) is 10.9. The second kappa shape index (κ2) is 16.6. The Labute approximate surface area is 153 Å². The number of nitrogens with one attached hydrogen (secondary N) is 3. The van der Waals surface area contributed by atoms with Gasteiger partial charge in [-0.05, 0) is 13.3 Å². The number of carbonyl (C=O) groups excluding carboxylic acids is 3. The summed E-state index contributed by atoms with van der Waals surface area (Å²) < 4.78 is -0.215. The summed E-state index contributed by atoms with van der Waals surface area (Å²) in [4.78, 5) is 34.1. The van der Waals surface area contributed by atoms with E-state index >= 15 is 0 Å². The van der Waals surface area contributed by atoms with E-state index in [0.717, 1.165) is 0 Å². The molecule has 0 aromatic rings. The van der Waals surface area contributed by atoms with Crippen LogP contribution in [0.4, 0.5) is 0 Å². The Bertz CT molecular complexity index is 355. The molecule has 1 atom stereocenters. The minimum absolute atomic E-state index is 0.132. The molecule has 144 valence electrons. The Morgan fingerprint density at radius 1 is 1.08 bits per heavy atom. The molecule has 0 bridgehead atoms. The van der Waals surface area contributed by atoms with Crippen molar-refractivity contribution in [2.24, 2.45) is 0 Å². The maximum atomic E-state index is 11.5. The van der Waals surface area contributed by atoms with Crippen LogP contribution in [-0.4, -0.2) is 42.1 Å². The van der Waals surface area contributed by atoms with Crippen molar-refractivity contribution in [3.8, 4) is 0 Å². The molecule has 0 aliphatic carbocycles. The third-order valence-electron chi connectivity index (χ3n) is 2.43. The predicted octanol–water partition coefficient (Wildman–Crippen LogP) is 2.28. The molecule has 24 heavy (non-hydrogen) atoms. The van der Waals surface area contributed by atoms with Crippen molar-refractivity contribution in [2.75, 3.05) is 13.6 Å². The maximum Gasteiger partial charge on any atom is 0.242 e. The van der Waals surface area contributed by atoms with Gasteiger partial charge in [-0.25, -0.2) is 0 Å². The first-order chi connectivity index (χ1) is 11.1. The van der Waals surface area contributed by atoms with Gasteiger partial charge in [-0.3, -0.25) is 14.4 Å². The average Bonchev–Trinajstić information content (AvgIpc) is 2.52. The fourth-order valence-corrected chi connectivity index (χ4v) is 1.37. The van der Waals surface area contributed by atoms with Gasteiger partial charge in [0.05, 0.1) is 6.54 Å². The van der Waals surface area contributed by atoms with E-state index < -0.39 is 11.9 Å². The second-order valence-electron chi connectivity index (χ2n) is 5.70. The molecule has 3 amide bonds. The van der Waals surface area contributed by atoms with Crippen LogP contribution in [0.5, 0.6) is 0 Å². The molecule has 0 rings (SSSR count). The SMILES string of the molecule is CC.CCC.CNC(=O)C(C)NC(=O)CNC(=O)CCC(C)(C)S. The van der Waals surface area contributed by atoms with Crippen molar-refractivity contribution >= 4 is 30.4 Å². The molecule has 0 saturated carbocycles. The van der Waals surface area contributed by atoms with E-state index in [1.165, 1.54) is 13.5 Å². The van der Waals surface area contributed by atoms with Gasteiger partial charge in [-0.2, -0.15) is 12.6 Å². The molecule has 0 fully saturated rings. The van der Waals surface area contributed by atoms with Crippen molar-refractivity contribution in [1.29, 1.82) is 0 Å². The van der Waals surface area contributed by atoms with Crippen LogP contribution in [-0.2, 0) is 14.4 Å². The van der Waals surface area contributed by atoms with Crippen molar-refractivity contribution in [1.82, 2.24) is 16.0 Å². The van der Waals surface area contributed by atoms with E-state index in [1.807, 2.05) is 27.7 Å². The van der Waals surface area contributed by atoms with Gasteiger partial charge < -0.3 is 16.0 Å². The van der Waals surface area contributed by atoms with Crippen LogP contribution in [0.15, 0.2) is 0 Å². The van der Waals surface area contributed by atoms with Gasteiger partial charge in [-0.15, -0.1) is 0 Å². The summed E-state index contributed by atoms with van der Waals surface area (Å²) in [7, 11) is 1.49. The van der Waals surface area contributed by atoms with Crippen molar-refractivity contribution in [3.05, 3.63) is 0 Å². The molecule has 1 unspecified atom stereocenters. The standard InChI is InChI=1S/C12H23N3O3S.C3H8.C2H6/c1-8(11(18)13-4)15-10(17)7-14-9(16)5-6-12(2,3)19;1-3-2;1-2/h8,19H,5-7H2,1-4H3,(H,13,18)(H,14,16)(H,15,17);3H2,1-2H3;1-2H3. The minimum atomic E-state index is -0.620. The minimum Gasteiger partial charge on any atom is -0.357 e. The third kappa shape index (κ3) is 20.8. The Hall–Kier alpha value is -1.24. The Morgan fingerprint density at radius 3 is 1.92 bits per heavy atom. The van der Waals surface area contributed by atoms with Crippen LogP contribution in [0.25, 0.3) is 0 Å². The lowest BCUT2D eigenvalue weighted by Gasteiger charge is -2.16. The average molecular weight is 364 g/mol.